The average molecular weight is 203 g/mol. The zero-order valence-corrected chi connectivity index (χ0v) is 8.94. The van der Waals surface area contributed by atoms with Crippen molar-refractivity contribution in [1.82, 2.24) is 4.90 Å². The lowest BCUT2D eigenvalue weighted by molar-refractivity contribution is -0.151. The quantitative estimate of drug-likeness (QED) is 0.701. The molecule has 0 aromatic rings. The fourth-order valence-electron chi connectivity index (χ4n) is 1.02. The van der Waals surface area contributed by atoms with Crippen LogP contribution in [0.25, 0.3) is 0 Å². The van der Waals surface area contributed by atoms with E-state index < -0.39 is 18.0 Å². The zero-order chi connectivity index (χ0) is 11.5. The normalized spacial score (nSPS) is 14.1. The van der Waals surface area contributed by atoms with Crippen molar-refractivity contribution in [1.29, 1.82) is 0 Å². The van der Waals surface area contributed by atoms with Crippen LogP contribution in [0.2, 0.25) is 0 Å². The Labute approximate surface area is 83.3 Å². The molecule has 0 unspecified atom stereocenters. The van der Waals surface area contributed by atoms with Crippen molar-refractivity contribution >= 4 is 11.9 Å². The number of likely N-dealkylation sites (N-methyl/N-ethyl adjacent to an activating group) is 1. The van der Waals surface area contributed by atoms with Crippen LogP contribution in [0.1, 0.15) is 27.2 Å². The largest absolute Gasteiger partial charge is 0.481 e. The number of carbonyl (C=O) groups is 2. The summed E-state index contributed by atoms with van der Waals surface area (Å²) in [6.07, 6.45) is -0.386. The van der Waals surface area contributed by atoms with Gasteiger partial charge in [0.05, 0.1) is 6.42 Å². The molecule has 0 aliphatic heterocycles. The molecule has 0 aromatic heterocycles. The maximum atomic E-state index is 10.8. The SMILES string of the molecule is CN([C@@H](CC(=O)O)C(=O)O)C(C)(C)C. The Morgan fingerprint density at radius 1 is 1.29 bits per heavy atom. The van der Waals surface area contributed by atoms with Crippen molar-refractivity contribution in [2.75, 3.05) is 7.05 Å². The highest BCUT2D eigenvalue weighted by Crippen LogP contribution is 2.16. The summed E-state index contributed by atoms with van der Waals surface area (Å²) < 4.78 is 0. The predicted molar refractivity (Wildman–Crippen MR) is 51.2 cm³/mol. The van der Waals surface area contributed by atoms with Crippen molar-refractivity contribution in [3.05, 3.63) is 0 Å². The van der Waals surface area contributed by atoms with Gasteiger partial charge in [0.15, 0.2) is 0 Å². The first-order valence-electron chi connectivity index (χ1n) is 4.33. The molecule has 0 aromatic carbocycles. The summed E-state index contributed by atoms with van der Waals surface area (Å²) in [6.45, 7) is 5.51. The molecule has 0 amide bonds. The first kappa shape index (κ1) is 12.9. The molecule has 0 bridgehead atoms. The molecule has 0 aliphatic carbocycles. The van der Waals surface area contributed by atoms with Gasteiger partial charge in [-0.25, -0.2) is 0 Å². The van der Waals surface area contributed by atoms with Crippen LogP contribution in [-0.4, -0.2) is 45.7 Å². The summed E-state index contributed by atoms with van der Waals surface area (Å²) in [7, 11) is 1.61. The Morgan fingerprint density at radius 3 is 1.93 bits per heavy atom. The van der Waals surface area contributed by atoms with Gasteiger partial charge in [0.1, 0.15) is 6.04 Å². The molecule has 0 radical (unpaired) electrons. The Balaban J connectivity index is 4.66. The third-order valence-electron chi connectivity index (χ3n) is 2.18. The van der Waals surface area contributed by atoms with Crippen molar-refractivity contribution in [2.45, 2.75) is 38.8 Å². The molecule has 0 fully saturated rings. The Morgan fingerprint density at radius 2 is 1.71 bits per heavy atom. The van der Waals surface area contributed by atoms with Gasteiger partial charge in [-0.2, -0.15) is 0 Å². The van der Waals surface area contributed by atoms with Gasteiger partial charge in [-0.3, -0.25) is 14.5 Å². The molecule has 0 heterocycles. The molecule has 5 heteroatoms. The van der Waals surface area contributed by atoms with Crippen molar-refractivity contribution in [2.24, 2.45) is 0 Å². The molecule has 0 rings (SSSR count). The monoisotopic (exact) mass is 203 g/mol. The van der Waals surface area contributed by atoms with Crippen molar-refractivity contribution in [3.8, 4) is 0 Å². The second-order valence-electron chi connectivity index (χ2n) is 4.23. The summed E-state index contributed by atoms with van der Waals surface area (Å²) in [4.78, 5) is 22.8. The van der Waals surface area contributed by atoms with Gasteiger partial charge in [0.2, 0.25) is 0 Å². The molecule has 0 aliphatic rings. The van der Waals surface area contributed by atoms with Crippen LogP contribution in [0.15, 0.2) is 0 Å². The first-order chi connectivity index (χ1) is 6.16. The highest BCUT2D eigenvalue weighted by molar-refractivity contribution is 5.80. The molecular formula is C9H17NO4. The van der Waals surface area contributed by atoms with Crippen LogP contribution in [0.3, 0.4) is 0 Å². The maximum Gasteiger partial charge on any atom is 0.321 e. The molecule has 14 heavy (non-hydrogen) atoms. The molecule has 2 N–H and O–H groups in total. The van der Waals surface area contributed by atoms with E-state index >= 15 is 0 Å². The standard InChI is InChI=1S/C9H17NO4/c1-9(2,3)10(4)6(8(13)14)5-7(11)12/h6H,5H2,1-4H3,(H,11,12)(H,13,14)/t6-/m0/s1. The highest BCUT2D eigenvalue weighted by Gasteiger charge is 2.31. The minimum atomic E-state index is -1.11. The van der Waals surface area contributed by atoms with E-state index in [1.165, 1.54) is 0 Å². The van der Waals surface area contributed by atoms with Crippen molar-refractivity contribution < 1.29 is 19.8 Å². The van der Waals surface area contributed by atoms with Crippen LogP contribution in [0.4, 0.5) is 0 Å². The molecule has 0 spiro atoms. The van der Waals surface area contributed by atoms with Crippen molar-refractivity contribution in [3.63, 3.8) is 0 Å². The van der Waals surface area contributed by atoms with Gasteiger partial charge >= 0.3 is 11.9 Å². The van der Waals surface area contributed by atoms with Crippen LogP contribution in [-0.2, 0) is 9.59 Å². The molecule has 0 saturated carbocycles. The van der Waals surface area contributed by atoms with E-state index in [1.807, 2.05) is 20.8 Å². The number of nitrogens with zero attached hydrogens (tertiary/aromatic N) is 1. The van der Waals surface area contributed by atoms with Gasteiger partial charge in [-0.15, -0.1) is 0 Å². The summed E-state index contributed by atoms with van der Waals surface area (Å²) >= 11 is 0. The zero-order valence-electron chi connectivity index (χ0n) is 8.94. The molecule has 1 atom stereocenters. The second kappa shape index (κ2) is 4.41. The van der Waals surface area contributed by atoms with E-state index in [0.717, 1.165) is 0 Å². The number of hydrogen-bond donors (Lipinski definition) is 2. The smallest absolute Gasteiger partial charge is 0.321 e. The predicted octanol–water partition coefficient (Wildman–Crippen LogP) is 0.645. The minimum Gasteiger partial charge on any atom is -0.481 e. The molecular weight excluding hydrogens is 186 g/mol. The third kappa shape index (κ3) is 3.74. The van der Waals surface area contributed by atoms with E-state index in [2.05, 4.69) is 0 Å². The third-order valence-corrected chi connectivity index (χ3v) is 2.18. The number of carboxylic acids is 2. The summed E-state index contributed by atoms with van der Waals surface area (Å²) in [6, 6.07) is -0.979. The molecule has 5 nitrogen and oxygen atoms in total. The summed E-state index contributed by atoms with van der Waals surface area (Å²) in [5.74, 6) is -2.21. The number of aliphatic carboxylic acids is 2. The Kier molecular flexibility index (Phi) is 4.07. The minimum absolute atomic E-state index is 0.363. The number of rotatable bonds is 4. The van der Waals surface area contributed by atoms with E-state index in [1.54, 1.807) is 11.9 Å². The van der Waals surface area contributed by atoms with Gasteiger partial charge in [0, 0.05) is 5.54 Å². The van der Waals surface area contributed by atoms with E-state index in [0.29, 0.717) is 0 Å². The van der Waals surface area contributed by atoms with Crippen LogP contribution < -0.4 is 0 Å². The molecule has 82 valence electrons. The topological polar surface area (TPSA) is 77.8 Å². The highest BCUT2D eigenvalue weighted by atomic mass is 16.4. The van der Waals surface area contributed by atoms with Gasteiger partial charge in [0.25, 0.3) is 0 Å². The number of hydrogen-bond acceptors (Lipinski definition) is 3. The number of carboxylic acid groups (broad SMARTS) is 2. The average Bonchev–Trinajstić information content (AvgIpc) is 1.96. The van der Waals surface area contributed by atoms with Gasteiger partial charge in [-0.05, 0) is 27.8 Å². The lowest BCUT2D eigenvalue weighted by Gasteiger charge is -2.35. The summed E-state index contributed by atoms with van der Waals surface area (Å²) in [5.41, 5.74) is -0.363. The van der Waals surface area contributed by atoms with E-state index in [4.69, 9.17) is 10.2 Å². The first-order valence-corrected chi connectivity index (χ1v) is 4.33. The lowest BCUT2D eigenvalue weighted by atomic mass is 10.0. The van der Waals surface area contributed by atoms with E-state index in [9.17, 15) is 9.59 Å². The van der Waals surface area contributed by atoms with Crippen LogP contribution in [0, 0.1) is 0 Å². The second-order valence-corrected chi connectivity index (χ2v) is 4.23. The fourth-order valence-corrected chi connectivity index (χ4v) is 1.02. The maximum absolute atomic E-state index is 10.8. The van der Waals surface area contributed by atoms with Gasteiger partial charge in [-0.1, -0.05) is 0 Å². The van der Waals surface area contributed by atoms with Crippen LogP contribution in [0.5, 0.6) is 0 Å². The lowest BCUT2D eigenvalue weighted by Crippen LogP contribution is -2.49. The summed E-state index contributed by atoms with van der Waals surface area (Å²) in [5, 5.41) is 17.4. The van der Waals surface area contributed by atoms with E-state index in [-0.39, 0.29) is 12.0 Å². The Bertz CT molecular complexity index is 231. The Hall–Kier alpha value is -1.10. The van der Waals surface area contributed by atoms with Gasteiger partial charge < -0.3 is 10.2 Å². The van der Waals surface area contributed by atoms with Crippen LogP contribution >= 0.6 is 0 Å². The fraction of sp³-hybridized carbons (Fsp3) is 0.778. The molecule has 0 saturated heterocycles.